The number of hydrogen-bond donors (Lipinski definition) is 3. The molecule has 4 N–H and O–H groups in total. The average molecular weight is 691 g/mol. The largest absolute Gasteiger partial charge is 0.432 e. The maximum absolute atomic E-state index is 14.6. The number of oxazole rings is 1. The lowest BCUT2D eigenvalue weighted by Gasteiger charge is -2.37. The molecule has 4 amide bonds. The number of likely N-dealkylation sites (tertiary alicyclic amines) is 1. The molecule has 16 heteroatoms. The molecular formula is C34H42N8O8. The van der Waals surface area contributed by atoms with Crippen LogP contribution in [0.5, 0.6) is 0 Å². The van der Waals surface area contributed by atoms with Crippen molar-refractivity contribution >= 4 is 46.2 Å². The second kappa shape index (κ2) is 14.2. The summed E-state index contributed by atoms with van der Waals surface area (Å²) in [6.45, 7) is 3.31. The molecule has 50 heavy (non-hydrogen) atoms. The highest BCUT2D eigenvalue weighted by molar-refractivity contribution is 6.41. The molecule has 2 atom stereocenters. The van der Waals surface area contributed by atoms with Gasteiger partial charge in [-0.1, -0.05) is 49.5 Å². The highest BCUT2D eigenvalue weighted by Crippen LogP contribution is 2.34. The van der Waals surface area contributed by atoms with Crippen molar-refractivity contribution in [3.8, 4) is 0 Å². The van der Waals surface area contributed by atoms with Crippen LogP contribution < -0.4 is 11.1 Å². The first-order valence-corrected chi connectivity index (χ1v) is 17.0. The summed E-state index contributed by atoms with van der Waals surface area (Å²) in [5.41, 5.74) is 3.62. The Kier molecular flexibility index (Phi) is 9.94. The van der Waals surface area contributed by atoms with Crippen LogP contribution in [-0.2, 0) is 29.5 Å². The number of carbonyl (C=O) groups is 5. The molecule has 0 radical (unpaired) electrons. The Morgan fingerprint density at radius 2 is 1.82 bits per heavy atom. The number of primary amides is 1. The summed E-state index contributed by atoms with van der Waals surface area (Å²) in [6.07, 6.45) is 6.41. The van der Waals surface area contributed by atoms with Gasteiger partial charge in [-0.05, 0) is 38.3 Å². The summed E-state index contributed by atoms with van der Waals surface area (Å²) in [7, 11) is 0. The molecule has 0 unspecified atom stereocenters. The normalized spacial score (nSPS) is 21.7. The Labute approximate surface area is 287 Å². The van der Waals surface area contributed by atoms with E-state index in [-0.39, 0.29) is 63.0 Å². The minimum absolute atomic E-state index is 0.0178. The van der Waals surface area contributed by atoms with Crippen LogP contribution in [0, 0.1) is 5.92 Å². The Morgan fingerprint density at radius 3 is 2.50 bits per heavy atom. The first-order chi connectivity index (χ1) is 23.9. The number of fused-ring (bicyclic) bond motifs is 1. The van der Waals surface area contributed by atoms with Crippen molar-refractivity contribution in [2.45, 2.75) is 94.9 Å². The summed E-state index contributed by atoms with van der Waals surface area (Å²) < 4.78 is 12.5. The Hall–Kier alpha value is -4.83. The summed E-state index contributed by atoms with van der Waals surface area (Å²) >= 11 is 0. The van der Waals surface area contributed by atoms with Crippen molar-refractivity contribution < 1.29 is 38.2 Å². The molecule has 2 aromatic heterocycles. The van der Waals surface area contributed by atoms with Gasteiger partial charge in [0.15, 0.2) is 5.58 Å². The number of aliphatic hydroxyl groups is 1. The monoisotopic (exact) mass is 690 g/mol. The van der Waals surface area contributed by atoms with E-state index in [9.17, 15) is 29.1 Å². The van der Waals surface area contributed by atoms with Gasteiger partial charge in [0.05, 0.1) is 17.9 Å². The fraction of sp³-hybridized carbons (Fsp3) is 0.559. The van der Waals surface area contributed by atoms with Gasteiger partial charge in [-0.3, -0.25) is 24.0 Å². The molecule has 3 aliphatic rings. The molecule has 16 nitrogen and oxygen atoms in total. The summed E-state index contributed by atoms with van der Waals surface area (Å²) in [5.74, 6) is -4.49. The van der Waals surface area contributed by atoms with E-state index in [0.29, 0.717) is 16.8 Å². The molecular weight excluding hydrogens is 648 g/mol. The lowest BCUT2D eigenvalue weighted by Crippen LogP contribution is -2.63. The maximum atomic E-state index is 14.6. The minimum atomic E-state index is -1.61. The summed E-state index contributed by atoms with van der Waals surface area (Å²) in [6, 6.07) is 5.07. The second-order valence-electron chi connectivity index (χ2n) is 13.9. The topological polar surface area (TPSA) is 225 Å². The smallest absolute Gasteiger partial charge is 0.333 e. The Bertz CT molecular complexity index is 1780. The fourth-order valence-electron chi connectivity index (χ4n) is 7.24. The highest BCUT2D eigenvalue weighted by atomic mass is 16.5. The number of ether oxygens (including phenoxy) is 1. The Balaban J connectivity index is 1.37. The lowest BCUT2D eigenvalue weighted by atomic mass is 9.84. The zero-order valence-electron chi connectivity index (χ0n) is 28.2. The standard InChI is InChI=1S/C34H42N8O8/c1-33(2,48)26-18-36-40-42(26)21-17-24(29(45)39-34(27(43)28(35)44)12-14-49-15-13-34)41(19-21)32(47)23(16-20-8-4-3-5-9-20)37-30(46)31-38-22-10-6-7-11-25(22)50-31/h6-7,10-11,18,20-21,24,48H,3-5,8-9,12-17,19H2,1-2H3,(H2,35,44)(H,39,45)/b37-23+/t21-,24-/m0/s1. The van der Waals surface area contributed by atoms with E-state index in [1.54, 1.807) is 38.1 Å². The number of amides is 4. The molecule has 1 aliphatic carbocycles. The molecule has 1 saturated carbocycles. The second-order valence-corrected chi connectivity index (χ2v) is 13.9. The molecule has 2 aliphatic heterocycles. The number of carbonyl (C=O) groups excluding carboxylic acids is 5. The van der Waals surface area contributed by atoms with Crippen LogP contribution in [-0.4, -0.2) is 96.4 Å². The van der Waals surface area contributed by atoms with E-state index in [1.807, 2.05) is 0 Å². The molecule has 3 aromatic rings. The molecule has 6 rings (SSSR count). The molecule has 266 valence electrons. The fourth-order valence-corrected chi connectivity index (χ4v) is 7.24. The third-order valence-electron chi connectivity index (χ3n) is 9.92. The SMILES string of the molecule is CC(C)(O)c1cnnn1[C@H]1C[C@@H](C(=O)NC2(C(=O)C(N)=O)CCOCC2)N(C(=O)/C(CC2CCCCC2)=N/C(=O)c2nc3ccccc3o2)C1. The van der Waals surface area contributed by atoms with E-state index in [2.05, 4.69) is 25.6 Å². The number of rotatable bonds is 10. The zero-order valence-corrected chi connectivity index (χ0v) is 28.2. The van der Waals surface area contributed by atoms with Crippen molar-refractivity contribution in [3.05, 3.63) is 42.0 Å². The minimum Gasteiger partial charge on any atom is -0.432 e. The van der Waals surface area contributed by atoms with Gasteiger partial charge in [-0.15, -0.1) is 5.10 Å². The van der Waals surface area contributed by atoms with Crippen LogP contribution in [0.1, 0.15) is 94.1 Å². The van der Waals surface area contributed by atoms with Gasteiger partial charge >= 0.3 is 5.91 Å². The number of ketones is 1. The van der Waals surface area contributed by atoms with Gasteiger partial charge in [0.1, 0.15) is 28.4 Å². The maximum Gasteiger partial charge on any atom is 0.333 e. The predicted octanol–water partition coefficient (Wildman–Crippen LogP) is 1.76. The number of para-hydroxylation sites is 2. The number of hydrogen-bond acceptors (Lipinski definition) is 11. The van der Waals surface area contributed by atoms with Gasteiger partial charge in [0, 0.05) is 39.0 Å². The number of aromatic nitrogens is 4. The molecule has 0 spiro atoms. The van der Waals surface area contributed by atoms with Gasteiger partial charge in [-0.2, -0.15) is 0 Å². The number of nitrogens with one attached hydrogen (secondary N) is 1. The number of Topliss-reactive ketones (excluding diaryl/α,β-unsaturated/α-hetero) is 1. The van der Waals surface area contributed by atoms with Gasteiger partial charge in [-0.25, -0.2) is 14.7 Å². The van der Waals surface area contributed by atoms with Gasteiger partial charge < -0.3 is 30.2 Å². The molecule has 0 bridgehead atoms. The third kappa shape index (κ3) is 7.21. The van der Waals surface area contributed by atoms with Crippen molar-refractivity contribution in [1.82, 2.24) is 30.2 Å². The molecule has 2 saturated heterocycles. The molecule has 3 fully saturated rings. The first kappa shape index (κ1) is 35.0. The average Bonchev–Trinajstić information content (AvgIpc) is 3.86. The highest BCUT2D eigenvalue weighted by Gasteiger charge is 2.49. The summed E-state index contributed by atoms with van der Waals surface area (Å²) in [4.78, 5) is 77.4. The molecule has 1 aromatic carbocycles. The van der Waals surface area contributed by atoms with E-state index in [1.165, 1.54) is 15.8 Å². The quantitative estimate of drug-likeness (QED) is 0.205. The van der Waals surface area contributed by atoms with E-state index >= 15 is 0 Å². The van der Waals surface area contributed by atoms with Crippen LogP contribution >= 0.6 is 0 Å². The van der Waals surface area contributed by atoms with E-state index in [0.717, 1.165) is 32.1 Å². The first-order valence-electron chi connectivity index (χ1n) is 17.0. The lowest BCUT2D eigenvalue weighted by molar-refractivity contribution is -0.146. The van der Waals surface area contributed by atoms with E-state index in [4.69, 9.17) is 14.9 Å². The van der Waals surface area contributed by atoms with Crippen molar-refractivity contribution in [2.75, 3.05) is 19.8 Å². The van der Waals surface area contributed by atoms with Crippen molar-refractivity contribution in [1.29, 1.82) is 0 Å². The van der Waals surface area contributed by atoms with Crippen molar-refractivity contribution in [3.63, 3.8) is 0 Å². The molecule has 4 heterocycles. The number of nitrogens with zero attached hydrogens (tertiary/aromatic N) is 6. The van der Waals surface area contributed by atoms with E-state index < -0.39 is 52.6 Å². The van der Waals surface area contributed by atoms with Crippen molar-refractivity contribution in [2.24, 2.45) is 16.6 Å². The number of aliphatic imine (C=N–C) groups is 1. The van der Waals surface area contributed by atoms with Crippen LogP contribution in [0.15, 0.2) is 39.9 Å². The van der Waals surface area contributed by atoms with Gasteiger partial charge in [0.25, 0.3) is 17.7 Å². The van der Waals surface area contributed by atoms with Crippen LogP contribution in [0.4, 0.5) is 0 Å². The Morgan fingerprint density at radius 1 is 1.10 bits per heavy atom. The van der Waals surface area contributed by atoms with Crippen LogP contribution in [0.25, 0.3) is 11.1 Å². The predicted molar refractivity (Wildman–Crippen MR) is 177 cm³/mol. The van der Waals surface area contributed by atoms with Gasteiger partial charge in [0.2, 0.25) is 11.7 Å². The third-order valence-corrected chi connectivity index (χ3v) is 9.92. The zero-order chi connectivity index (χ0) is 35.6. The van der Waals surface area contributed by atoms with Crippen LogP contribution in [0.3, 0.4) is 0 Å². The number of nitrogens with two attached hydrogens (primary N) is 1. The summed E-state index contributed by atoms with van der Waals surface area (Å²) in [5, 5.41) is 21.8. The number of benzene rings is 1. The van der Waals surface area contributed by atoms with Crippen LogP contribution in [0.2, 0.25) is 0 Å².